The normalized spacial score (nSPS) is 12.7. The Morgan fingerprint density at radius 3 is 2.48 bits per heavy atom. The third kappa shape index (κ3) is 4.54. The number of alkyl halides is 3. The van der Waals surface area contributed by atoms with E-state index < -0.39 is 11.7 Å². The minimum atomic E-state index is -4.50. The summed E-state index contributed by atoms with van der Waals surface area (Å²) in [6, 6.07) is 2.05. The topological polar surface area (TPSA) is 50.4 Å². The summed E-state index contributed by atoms with van der Waals surface area (Å²) in [6.07, 6.45) is -4.33. The lowest BCUT2D eigenvalue weighted by Gasteiger charge is -2.20. The molecule has 1 atom stereocenters. The molecule has 1 rings (SSSR count). The van der Waals surface area contributed by atoms with Crippen molar-refractivity contribution >= 4 is 11.6 Å². The maximum absolute atomic E-state index is 13.0. The molecule has 0 spiro atoms. The fourth-order valence-electron chi connectivity index (χ4n) is 1.92. The first-order valence-electron chi connectivity index (χ1n) is 6.42. The van der Waals surface area contributed by atoms with E-state index in [1.807, 2.05) is 0 Å². The summed E-state index contributed by atoms with van der Waals surface area (Å²) in [5.74, 6) is -0.401. The van der Waals surface area contributed by atoms with Gasteiger partial charge in [0.2, 0.25) is 5.91 Å². The number of rotatable bonds is 5. The Kier molecular flexibility index (Phi) is 5.46. The number of carbonyl (C=O) groups is 1. The summed E-state index contributed by atoms with van der Waals surface area (Å²) in [5, 5.41) is 5.39. The maximum atomic E-state index is 13.0. The van der Waals surface area contributed by atoms with Crippen molar-refractivity contribution in [3.05, 3.63) is 23.3 Å². The van der Waals surface area contributed by atoms with Crippen molar-refractivity contribution in [1.29, 1.82) is 0 Å². The third-order valence-electron chi connectivity index (χ3n) is 3.02. The maximum Gasteiger partial charge on any atom is 0.420 e. The molecular formula is C14H19F3N2O2. The molecule has 0 fully saturated rings. The number of anilines is 1. The Labute approximate surface area is 121 Å². The number of benzene rings is 1. The van der Waals surface area contributed by atoms with Crippen LogP contribution in [0.3, 0.4) is 0 Å². The smallest absolute Gasteiger partial charge is 0.420 e. The molecule has 0 radical (unpaired) electrons. The lowest BCUT2D eigenvalue weighted by molar-refractivity contribution is -0.138. The van der Waals surface area contributed by atoms with E-state index in [1.54, 1.807) is 13.8 Å². The van der Waals surface area contributed by atoms with E-state index >= 15 is 0 Å². The highest BCUT2D eigenvalue weighted by Gasteiger charge is 2.35. The minimum Gasteiger partial charge on any atom is -0.496 e. The van der Waals surface area contributed by atoms with Crippen LogP contribution in [-0.4, -0.2) is 26.1 Å². The predicted octanol–water partition coefficient (Wildman–Crippen LogP) is 2.96. The van der Waals surface area contributed by atoms with E-state index in [9.17, 15) is 18.0 Å². The standard InChI is InChI=1S/C14H19F3N2O2/c1-8-5-12(21-4)10(14(15,16)17)7-11(8)19-9(2)6-13(20)18-3/h5,7,9,19H,6H2,1-4H3,(H,18,20). The predicted molar refractivity (Wildman–Crippen MR) is 74.5 cm³/mol. The van der Waals surface area contributed by atoms with E-state index in [0.29, 0.717) is 11.3 Å². The van der Waals surface area contributed by atoms with Gasteiger partial charge in [-0.25, -0.2) is 0 Å². The van der Waals surface area contributed by atoms with Gasteiger partial charge in [-0.3, -0.25) is 4.79 Å². The van der Waals surface area contributed by atoms with E-state index in [2.05, 4.69) is 10.6 Å². The molecule has 0 aromatic heterocycles. The first kappa shape index (κ1) is 17.1. The van der Waals surface area contributed by atoms with Crippen LogP contribution in [0.4, 0.5) is 18.9 Å². The number of carbonyl (C=O) groups excluding carboxylic acids is 1. The molecule has 1 aromatic carbocycles. The average Bonchev–Trinajstić information content (AvgIpc) is 2.39. The van der Waals surface area contributed by atoms with Crippen LogP contribution in [0.25, 0.3) is 0 Å². The van der Waals surface area contributed by atoms with Crippen molar-refractivity contribution in [3.63, 3.8) is 0 Å². The van der Waals surface area contributed by atoms with Crippen molar-refractivity contribution in [2.24, 2.45) is 0 Å². The second kappa shape index (κ2) is 6.69. The van der Waals surface area contributed by atoms with Crippen LogP contribution in [0.2, 0.25) is 0 Å². The highest BCUT2D eigenvalue weighted by molar-refractivity contribution is 5.76. The summed E-state index contributed by atoms with van der Waals surface area (Å²) < 4.78 is 43.7. The Balaban J connectivity index is 3.05. The number of ether oxygens (including phenoxy) is 1. The van der Waals surface area contributed by atoms with E-state index in [0.717, 1.165) is 6.07 Å². The number of hydrogen-bond donors (Lipinski definition) is 2. The Bertz CT molecular complexity index is 516. The molecule has 0 saturated carbocycles. The summed E-state index contributed by atoms with van der Waals surface area (Å²) >= 11 is 0. The van der Waals surface area contributed by atoms with Gasteiger partial charge in [-0.05, 0) is 31.5 Å². The molecule has 118 valence electrons. The van der Waals surface area contributed by atoms with Gasteiger partial charge in [0.1, 0.15) is 5.75 Å². The third-order valence-corrected chi connectivity index (χ3v) is 3.02. The van der Waals surface area contributed by atoms with Gasteiger partial charge in [0.15, 0.2) is 0 Å². The Morgan fingerprint density at radius 2 is 2.00 bits per heavy atom. The number of aryl methyl sites for hydroxylation is 1. The van der Waals surface area contributed by atoms with Crippen LogP contribution in [0.1, 0.15) is 24.5 Å². The lowest BCUT2D eigenvalue weighted by Crippen LogP contribution is -2.27. The Morgan fingerprint density at radius 1 is 1.38 bits per heavy atom. The van der Waals surface area contributed by atoms with Gasteiger partial charge < -0.3 is 15.4 Å². The van der Waals surface area contributed by atoms with Crippen LogP contribution in [-0.2, 0) is 11.0 Å². The monoisotopic (exact) mass is 304 g/mol. The summed E-state index contributed by atoms with van der Waals surface area (Å²) in [5.41, 5.74) is 0.105. The molecule has 0 heterocycles. The fourth-order valence-corrected chi connectivity index (χ4v) is 1.92. The first-order chi connectivity index (χ1) is 9.68. The molecule has 0 aliphatic rings. The van der Waals surface area contributed by atoms with Crippen LogP contribution in [0.5, 0.6) is 5.75 Å². The zero-order chi connectivity index (χ0) is 16.2. The SMILES string of the molecule is CNC(=O)CC(C)Nc1cc(C(F)(F)F)c(OC)cc1C. The second-order valence-corrected chi connectivity index (χ2v) is 4.79. The van der Waals surface area contributed by atoms with Crippen molar-refractivity contribution in [3.8, 4) is 5.75 Å². The highest BCUT2D eigenvalue weighted by atomic mass is 19.4. The molecule has 0 aliphatic heterocycles. The molecule has 0 bridgehead atoms. The van der Waals surface area contributed by atoms with Crippen molar-refractivity contribution < 1.29 is 22.7 Å². The molecule has 1 unspecified atom stereocenters. The molecule has 0 aliphatic carbocycles. The summed E-state index contributed by atoms with van der Waals surface area (Å²) in [4.78, 5) is 11.3. The van der Waals surface area contributed by atoms with Crippen LogP contribution >= 0.6 is 0 Å². The molecule has 1 amide bonds. The van der Waals surface area contributed by atoms with Crippen molar-refractivity contribution in [2.45, 2.75) is 32.5 Å². The van der Waals surface area contributed by atoms with Crippen LogP contribution in [0.15, 0.2) is 12.1 Å². The first-order valence-corrected chi connectivity index (χ1v) is 6.42. The quantitative estimate of drug-likeness (QED) is 0.879. The van der Waals surface area contributed by atoms with Crippen LogP contribution < -0.4 is 15.4 Å². The van der Waals surface area contributed by atoms with Gasteiger partial charge in [-0.1, -0.05) is 0 Å². The fraction of sp³-hybridized carbons (Fsp3) is 0.500. The zero-order valence-corrected chi connectivity index (χ0v) is 12.4. The van der Waals surface area contributed by atoms with Gasteiger partial charge in [0.05, 0.1) is 12.7 Å². The average molecular weight is 304 g/mol. The van der Waals surface area contributed by atoms with E-state index in [4.69, 9.17) is 4.74 Å². The number of hydrogen-bond acceptors (Lipinski definition) is 3. The van der Waals surface area contributed by atoms with Gasteiger partial charge in [-0.2, -0.15) is 13.2 Å². The lowest BCUT2D eigenvalue weighted by atomic mass is 10.1. The molecule has 7 heteroatoms. The van der Waals surface area contributed by atoms with Crippen molar-refractivity contribution in [1.82, 2.24) is 5.32 Å². The van der Waals surface area contributed by atoms with Crippen molar-refractivity contribution in [2.75, 3.05) is 19.5 Å². The van der Waals surface area contributed by atoms with Gasteiger partial charge in [0, 0.05) is 25.2 Å². The Hall–Kier alpha value is -1.92. The molecule has 1 aromatic rings. The van der Waals surface area contributed by atoms with Crippen LogP contribution in [0, 0.1) is 6.92 Å². The highest BCUT2D eigenvalue weighted by Crippen LogP contribution is 2.39. The number of halogens is 3. The number of methoxy groups -OCH3 is 1. The summed E-state index contributed by atoms with van der Waals surface area (Å²) in [7, 11) is 2.71. The minimum absolute atomic E-state index is 0.170. The van der Waals surface area contributed by atoms with E-state index in [-0.39, 0.29) is 24.1 Å². The van der Waals surface area contributed by atoms with Gasteiger partial charge >= 0.3 is 6.18 Å². The molecule has 4 nitrogen and oxygen atoms in total. The van der Waals surface area contributed by atoms with Gasteiger partial charge in [-0.15, -0.1) is 0 Å². The zero-order valence-electron chi connectivity index (χ0n) is 12.4. The molecule has 2 N–H and O–H groups in total. The largest absolute Gasteiger partial charge is 0.496 e. The number of nitrogens with one attached hydrogen (secondary N) is 2. The second-order valence-electron chi connectivity index (χ2n) is 4.79. The molecule has 0 saturated heterocycles. The number of amides is 1. The van der Waals surface area contributed by atoms with Gasteiger partial charge in [0.25, 0.3) is 0 Å². The molecule has 21 heavy (non-hydrogen) atoms. The molecular weight excluding hydrogens is 285 g/mol. The van der Waals surface area contributed by atoms with E-state index in [1.165, 1.54) is 20.2 Å². The summed E-state index contributed by atoms with van der Waals surface area (Å²) in [6.45, 7) is 3.41.